The van der Waals surface area contributed by atoms with Crippen molar-refractivity contribution in [3.8, 4) is 0 Å². The van der Waals surface area contributed by atoms with Gasteiger partial charge in [-0.25, -0.2) is 28.8 Å². The van der Waals surface area contributed by atoms with Gasteiger partial charge in [0.1, 0.15) is 28.0 Å². The number of rotatable bonds is 15. The molecule has 0 aromatic carbocycles. The van der Waals surface area contributed by atoms with Crippen molar-refractivity contribution < 1.29 is 99.2 Å². The van der Waals surface area contributed by atoms with Crippen LogP contribution in [0.5, 0.6) is 0 Å². The minimum absolute atomic E-state index is 0.0200. The standard InChI is InChI=1S/C15H28N2O7S.C15H26N2O6.C14H26N2O5.C14H26N2O2.C13H21NO4/c1-12(17(19)20)15(8-11-23-25(5,21)22)6-9-16(10-7-15)13(18)24-14(2,3)4;1-11(17(20)21)15(10-12(18)22-5)6-8-16(9-7-15)13(19)23-14(2,3)4;1-11(16(19)20)14(7-10-17)5-8-15(9-6-14)12(18)21-13(2,3)4;1-11-14(5-8-15-11)6-9-16(10-7-14)12(17)18-13(2,3)4;1-13(2,3)18-12(16)14-7-5-10(6-8-14)9-11(15)17-4/h12H,6-11H2,1-5H3;11H,6-10H2,1-5H3;11,17H,5-10H2,1-4H3;11,15H,5-10H2,1-4H3;9H,5-8H2,1-4H3. The molecule has 1 spiro atoms. The molecule has 606 valence electrons. The molecule has 105 heavy (non-hydrogen) atoms. The molecule has 4 atom stereocenters. The number of aliphatic hydroxyl groups is 1. The fourth-order valence-electron chi connectivity index (χ4n) is 13.3. The number of amides is 5. The first-order chi connectivity index (χ1) is 48.0. The summed E-state index contributed by atoms with van der Waals surface area (Å²) in [5.74, 6) is -0.805. The van der Waals surface area contributed by atoms with Gasteiger partial charge in [0, 0.05) is 131 Å². The van der Waals surface area contributed by atoms with Crippen LogP contribution in [0.1, 0.15) is 221 Å². The zero-order chi connectivity index (χ0) is 80.7. The number of nitrogens with one attached hydrogen (secondary N) is 1. The summed E-state index contributed by atoms with van der Waals surface area (Å²) >= 11 is 0. The number of nitro groups is 3. The molecule has 0 aromatic heterocycles. The molecular weight excluding hydrogens is 1390 g/mol. The Hall–Kier alpha value is -6.94. The molecule has 33 nitrogen and oxygen atoms in total. The minimum atomic E-state index is -3.60. The molecule has 6 heterocycles. The smallest absolute Gasteiger partial charge is 0.410 e. The Kier molecular flexibility index (Phi) is 35.7. The van der Waals surface area contributed by atoms with Gasteiger partial charge in [0.05, 0.1) is 38.9 Å². The highest BCUT2D eigenvalue weighted by Crippen LogP contribution is 2.44. The number of piperidine rings is 5. The van der Waals surface area contributed by atoms with Crippen LogP contribution in [0.25, 0.3) is 0 Å². The van der Waals surface area contributed by atoms with Crippen LogP contribution in [0.4, 0.5) is 24.0 Å². The first kappa shape index (κ1) is 94.1. The molecule has 6 rings (SSSR count). The van der Waals surface area contributed by atoms with Gasteiger partial charge in [-0.05, 0) is 206 Å². The van der Waals surface area contributed by atoms with Crippen molar-refractivity contribution in [2.75, 3.05) is 106 Å². The minimum Gasteiger partial charge on any atom is -0.469 e. The van der Waals surface area contributed by atoms with E-state index in [2.05, 4.69) is 21.7 Å². The lowest BCUT2D eigenvalue weighted by Crippen LogP contribution is -2.51. The van der Waals surface area contributed by atoms with Crippen molar-refractivity contribution in [2.24, 2.45) is 21.7 Å². The summed E-state index contributed by atoms with van der Waals surface area (Å²) in [5.41, 5.74) is -3.24. The van der Waals surface area contributed by atoms with Crippen LogP contribution in [0.15, 0.2) is 11.6 Å². The SMILES string of the molecule is CC([N+](=O)[O-])C1(CCO)CCN(C(=O)OC(C)(C)C)CC1.CC([N+](=O)[O-])C1(CCOS(C)(=O)=O)CCN(C(=O)OC(C)(C)C)CC1.CC1NCCC12CCN(C(=O)OC(C)(C)C)CC2.COC(=O)C=C1CCN(C(=O)OC(C)(C)C)CC1.COC(=O)CC1(C(C)[N+](=O)[O-])CCN(C(=O)OC(C)(C)C)CC1. The Morgan fingerprint density at radius 3 is 1.07 bits per heavy atom. The second-order valence-corrected chi connectivity index (χ2v) is 35.1. The number of esters is 2. The van der Waals surface area contributed by atoms with Crippen molar-refractivity contribution in [1.29, 1.82) is 0 Å². The van der Waals surface area contributed by atoms with E-state index in [9.17, 15) is 77.4 Å². The molecule has 6 aliphatic heterocycles. The number of hydrogen-bond acceptors (Lipinski definition) is 25. The van der Waals surface area contributed by atoms with E-state index in [1.165, 1.54) is 50.4 Å². The normalized spacial score (nSPS) is 20.2. The van der Waals surface area contributed by atoms with Crippen molar-refractivity contribution in [1.82, 2.24) is 29.8 Å². The number of likely N-dealkylation sites (tertiary alicyclic amines) is 5. The topological polar surface area (TPSA) is 405 Å². The second kappa shape index (κ2) is 39.8. The molecule has 4 unspecified atom stereocenters. The predicted octanol–water partition coefficient (Wildman–Crippen LogP) is 10.8. The zero-order valence-corrected chi connectivity index (χ0v) is 67.6. The van der Waals surface area contributed by atoms with Gasteiger partial charge in [0.15, 0.2) is 0 Å². The van der Waals surface area contributed by atoms with Gasteiger partial charge in [0.2, 0.25) is 18.1 Å². The van der Waals surface area contributed by atoms with E-state index in [0.717, 1.165) is 44.3 Å². The van der Waals surface area contributed by atoms with Crippen molar-refractivity contribution in [3.05, 3.63) is 42.0 Å². The van der Waals surface area contributed by atoms with Crippen LogP contribution in [-0.2, 0) is 57.0 Å². The molecular formula is C71H127N9O24S. The van der Waals surface area contributed by atoms with Gasteiger partial charge in [-0.3, -0.25) is 39.3 Å². The molecule has 6 aliphatic rings. The lowest BCUT2D eigenvalue weighted by Gasteiger charge is -2.42. The van der Waals surface area contributed by atoms with Crippen LogP contribution in [0, 0.1) is 52.0 Å². The first-order valence-electron chi connectivity index (χ1n) is 36.3. The summed E-state index contributed by atoms with van der Waals surface area (Å²) in [6.07, 6.45) is 8.70. The maximum atomic E-state index is 12.1. The zero-order valence-electron chi connectivity index (χ0n) is 66.8. The van der Waals surface area contributed by atoms with Gasteiger partial charge in [-0.1, -0.05) is 5.57 Å². The molecule has 0 aromatic rings. The highest BCUT2D eigenvalue weighted by Gasteiger charge is 2.51. The van der Waals surface area contributed by atoms with E-state index in [1.54, 1.807) is 79.0 Å². The highest BCUT2D eigenvalue weighted by molar-refractivity contribution is 7.86. The highest BCUT2D eigenvalue weighted by atomic mass is 32.2. The fourth-order valence-corrected chi connectivity index (χ4v) is 13.7. The van der Waals surface area contributed by atoms with Gasteiger partial charge in [-0.2, -0.15) is 8.42 Å². The molecule has 5 amide bonds. The second-order valence-electron chi connectivity index (χ2n) is 33.4. The van der Waals surface area contributed by atoms with E-state index in [4.69, 9.17) is 27.9 Å². The van der Waals surface area contributed by atoms with E-state index < -0.39 is 90.6 Å². The number of carbonyl (C=O) groups excluding carboxylic acids is 7. The summed E-state index contributed by atoms with van der Waals surface area (Å²) in [6, 6.07) is -1.90. The number of carbonyl (C=O) groups is 7. The number of hydrogen-bond donors (Lipinski definition) is 2. The maximum Gasteiger partial charge on any atom is 0.410 e. The van der Waals surface area contributed by atoms with Gasteiger partial charge >= 0.3 is 42.4 Å². The van der Waals surface area contributed by atoms with E-state index >= 15 is 0 Å². The maximum absolute atomic E-state index is 12.1. The molecule has 6 fully saturated rings. The van der Waals surface area contributed by atoms with Crippen molar-refractivity contribution in [2.45, 2.75) is 274 Å². The summed E-state index contributed by atoms with van der Waals surface area (Å²) in [5, 5.41) is 46.4. The Morgan fingerprint density at radius 2 is 0.800 bits per heavy atom. The van der Waals surface area contributed by atoms with E-state index in [1.807, 2.05) is 46.4 Å². The first-order valence-corrected chi connectivity index (χ1v) is 38.2. The summed E-state index contributed by atoms with van der Waals surface area (Å²) in [6.45, 7) is 40.2. The Bertz CT molecular complexity index is 3020. The Balaban J connectivity index is 0.000000448. The predicted molar refractivity (Wildman–Crippen MR) is 390 cm³/mol. The summed E-state index contributed by atoms with van der Waals surface area (Å²) in [7, 11) is -0.974. The van der Waals surface area contributed by atoms with Gasteiger partial charge < -0.3 is 68.1 Å². The third kappa shape index (κ3) is 32.6. The summed E-state index contributed by atoms with van der Waals surface area (Å²) in [4.78, 5) is 124. The molecule has 0 saturated carbocycles. The number of nitrogens with zero attached hydrogens (tertiary/aromatic N) is 8. The van der Waals surface area contributed by atoms with Crippen LogP contribution in [-0.4, -0.2) is 253 Å². The monoisotopic (exact) mass is 1520 g/mol. The molecule has 0 bridgehead atoms. The quantitative estimate of drug-likeness (QED) is 0.0384. The van der Waals surface area contributed by atoms with Gasteiger partial charge in [-0.15, -0.1) is 0 Å². The molecule has 2 N–H and O–H groups in total. The van der Waals surface area contributed by atoms with Crippen LogP contribution < -0.4 is 5.32 Å². The Morgan fingerprint density at radius 1 is 0.505 bits per heavy atom. The van der Waals surface area contributed by atoms with Gasteiger partial charge in [0.25, 0.3) is 10.1 Å². The fraction of sp³-hybridized carbons (Fsp3) is 0.873. The third-order valence-corrected chi connectivity index (χ3v) is 20.6. The number of ether oxygens (including phenoxy) is 7. The number of aliphatic hydroxyl groups excluding tert-OH is 1. The molecule has 6 saturated heterocycles. The lowest BCUT2D eigenvalue weighted by molar-refractivity contribution is -0.540. The molecule has 34 heteroatoms. The molecule has 0 radical (unpaired) electrons. The molecule has 0 aliphatic carbocycles. The van der Waals surface area contributed by atoms with Crippen LogP contribution >= 0.6 is 0 Å². The summed E-state index contributed by atoms with van der Waals surface area (Å²) < 4.78 is 63.0. The largest absolute Gasteiger partial charge is 0.469 e. The lowest BCUT2D eigenvalue weighted by atomic mass is 9.70. The van der Waals surface area contributed by atoms with Crippen molar-refractivity contribution >= 4 is 52.5 Å². The third-order valence-electron chi connectivity index (χ3n) is 20.1. The van der Waals surface area contributed by atoms with Crippen LogP contribution in [0.3, 0.4) is 0 Å². The average Bonchev–Trinajstić information content (AvgIpc) is 1.79. The van der Waals surface area contributed by atoms with E-state index in [-0.39, 0.29) is 65.1 Å². The Labute approximate surface area is 622 Å². The number of methoxy groups -OCH3 is 2. The average molecular weight is 1520 g/mol. The van der Waals surface area contributed by atoms with Crippen LogP contribution in [0.2, 0.25) is 0 Å². The van der Waals surface area contributed by atoms with Crippen molar-refractivity contribution in [3.63, 3.8) is 0 Å². The van der Waals surface area contributed by atoms with E-state index in [0.29, 0.717) is 122 Å².